The fraction of sp³-hybridized carbons (Fsp3) is 0.600. The standard InChI is InChI=1S/C15H23NO/c1-3-7-15(8-9-16-11-12(15)2)13-5-4-6-14(17)10-13/h4-6,10,12,16-17H,3,7-9,11H2,1-2H3. The van der Waals surface area contributed by atoms with Crippen LogP contribution in [0.1, 0.15) is 38.7 Å². The molecule has 2 nitrogen and oxygen atoms in total. The number of phenols is 1. The van der Waals surface area contributed by atoms with Crippen molar-refractivity contribution in [3.05, 3.63) is 29.8 Å². The zero-order valence-corrected chi connectivity index (χ0v) is 10.9. The Morgan fingerprint density at radius 1 is 1.47 bits per heavy atom. The third-order valence-corrected chi connectivity index (χ3v) is 4.26. The van der Waals surface area contributed by atoms with Gasteiger partial charge in [0.05, 0.1) is 0 Å². The Labute approximate surface area is 104 Å². The van der Waals surface area contributed by atoms with E-state index in [0.717, 1.165) is 13.1 Å². The molecule has 94 valence electrons. The molecule has 17 heavy (non-hydrogen) atoms. The van der Waals surface area contributed by atoms with Crippen molar-refractivity contribution in [1.82, 2.24) is 5.32 Å². The van der Waals surface area contributed by atoms with Crippen molar-refractivity contribution in [1.29, 1.82) is 0 Å². The van der Waals surface area contributed by atoms with E-state index in [0.29, 0.717) is 11.7 Å². The van der Waals surface area contributed by atoms with Gasteiger partial charge in [-0.3, -0.25) is 0 Å². The number of phenolic OH excluding ortho intramolecular Hbond substituents is 1. The summed E-state index contributed by atoms with van der Waals surface area (Å²) >= 11 is 0. The van der Waals surface area contributed by atoms with E-state index >= 15 is 0 Å². The first kappa shape index (κ1) is 12.4. The summed E-state index contributed by atoms with van der Waals surface area (Å²) in [7, 11) is 0. The van der Waals surface area contributed by atoms with Gasteiger partial charge in [-0.2, -0.15) is 0 Å². The Kier molecular flexibility index (Phi) is 3.72. The maximum absolute atomic E-state index is 9.70. The summed E-state index contributed by atoms with van der Waals surface area (Å²) in [5, 5.41) is 13.2. The van der Waals surface area contributed by atoms with E-state index in [2.05, 4.69) is 25.2 Å². The maximum Gasteiger partial charge on any atom is 0.115 e. The highest BCUT2D eigenvalue weighted by atomic mass is 16.3. The highest BCUT2D eigenvalue weighted by Gasteiger charge is 2.38. The van der Waals surface area contributed by atoms with Crippen LogP contribution in [0.5, 0.6) is 5.75 Å². The quantitative estimate of drug-likeness (QED) is 0.841. The lowest BCUT2D eigenvalue weighted by Gasteiger charge is -2.44. The van der Waals surface area contributed by atoms with Crippen molar-refractivity contribution in [2.75, 3.05) is 13.1 Å². The lowest BCUT2D eigenvalue weighted by atomic mass is 9.64. The van der Waals surface area contributed by atoms with E-state index in [1.165, 1.54) is 24.8 Å². The first-order valence-corrected chi connectivity index (χ1v) is 6.69. The van der Waals surface area contributed by atoms with E-state index in [9.17, 15) is 5.11 Å². The second kappa shape index (κ2) is 5.09. The van der Waals surface area contributed by atoms with Gasteiger partial charge in [0.1, 0.15) is 5.75 Å². The first-order chi connectivity index (χ1) is 8.19. The van der Waals surface area contributed by atoms with Crippen molar-refractivity contribution in [3.8, 4) is 5.75 Å². The highest BCUT2D eigenvalue weighted by Crippen LogP contribution is 2.42. The number of hydrogen-bond acceptors (Lipinski definition) is 2. The van der Waals surface area contributed by atoms with Crippen molar-refractivity contribution in [2.24, 2.45) is 5.92 Å². The maximum atomic E-state index is 9.70. The van der Waals surface area contributed by atoms with Gasteiger partial charge >= 0.3 is 0 Å². The van der Waals surface area contributed by atoms with Gasteiger partial charge in [0.25, 0.3) is 0 Å². The molecule has 2 N–H and O–H groups in total. The molecule has 0 radical (unpaired) electrons. The van der Waals surface area contributed by atoms with E-state index in [4.69, 9.17) is 0 Å². The molecule has 1 saturated heterocycles. The van der Waals surface area contributed by atoms with Crippen LogP contribution >= 0.6 is 0 Å². The number of aromatic hydroxyl groups is 1. The predicted octanol–water partition coefficient (Wildman–Crippen LogP) is 3.06. The van der Waals surface area contributed by atoms with E-state index < -0.39 is 0 Å². The average molecular weight is 233 g/mol. The number of rotatable bonds is 3. The molecule has 0 saturated carbocycles. The molecule has 1 fully saturated rings. The summed E-state index contributed by atoms with van der Waals surface area (Å²) < 4.78 is 0. The van der Waals surface area contributed by atoms with Gasteiger partial charge < -0.3 is 10.4 Å². The molecule has 0 spiro atoms. The van der Waals surface area contributed by atoms with Gasteiger partial charge in [-0.1, -0.05) is 32.4 Å². The zero-order chi connectivity index (χ0) is 12.3. The molecule has 0 aromatic heterocycles. The minimum atomic E-state index is 0.249. The lowest BCUT2D eigenvalue weighted by molar-refractivity contribution is 0.199. The number of piperidine rings is 1. The monoisotopic (exact) mass is 233 g/mol. The van der Waals surface area contributed by atoms with Gasteiger partial charge in [0.2, 0.25) is 0 Å². The van der Waals surface area contributed by atoms with Crippen LogP contribution in [0.25, 0.3) is 0 Å². The van der Waals surface area contributed by atoms with Crippen molar-refractivity contribution in [3.63, 3.8) is 0 Å². The van der Waals surface area contributed by atoms with Gasteiger partial charge in [0, 0.05) is 5.41 Å². The zero-order valence-electron chi connectivity index (χ0n) is 10.9. The number of hydrogen-bond donors (Lipinski definition) is 2. The number of benzene rings is 1. The van der Waals surface area contributed by atoms with Crippen LogP contribution in [0.3, 0.4) is 0 Å². The average Bonchev–Trinajstić information content (AvgIpc) is 2.32. The summed E-state index contributed by atoms with van der Waals surface area (Å²) in [6, 6.07) is 7.86. The van der Waals surface area contributed by atoms with Crippen LogP contribution in [0.15, 0.2) is 24.3 Å². The summed E-state index contributed by atoms with van der Waals surface area (Å²) in [5.74, 6) is 1.02. The molecule has 0 amide bonds. The van der Waals surface area contributed by atoms with Crippen LogP contribution in [0.2, 0.25) is 0 Å². The Balaban J connectivity index is 2.39. The molecule has 0 bridgehead atoms. The Morgan fingerprint density at radius 3 is 2.94 bits per heavy atom. The number of nitrogens with one attached hydrogen (secondary N) is 1. The summed E-state index contributed by atoms with van der Waals surface area (Å²) in [6.07, 6.45) is 3.57. The SMILES string of the molecule is CCCC1(c2cccc(O)c2)CCNCC1C. The van der Waals surface area contributed by atoms with Gasteiger partial charge in [-0.25, -0.2) is 0 Å². The molecule has 1 aliphatic heterocycles. The van der Waals surface area contributed by atoms with Gasteiger partial charge in [-0.05, 0) is 49.5 Å². The second-order valence-electron chi connectivity index (χ2n) is 5.31. The molecular weight excluding hydrogens is 210 g/mol. The van der Waals surface area contributed by atoms with Crippen LogP contribution < -0.4 is 5.32 Å². The molecule has 2 unspecified atom stereocenters. The van der Waals surface area contributed by atoms with E-state index in [1.807, 2.05) is 12.1 Å². The van der Waals surface area contributed by atoms with Crippen LogP contribution in [-0.2, 0) is 5.41 Å². The van der Waals surface area contributed by atoms with Gasteiger partial charge in [0.15, 0.2) is 0 Å². The van der Waals surface area contributed by atoms with E-state index in [1.54, 1.807) is 6.07 Å². The topological polar surface area (TPSA) is 32.3 Å². The first-order valence-electron chi connectivity index (χ1n) is 6.69. The third-order valence-electron chi connectivity index (χ3n) is 4.26. The summed E-state index contributed by atoms with van der Waals surface area (Å²) in [5.41, 5.74) is 1.56. The largest absolute Gasteiger partial charge is 0.508 e. The van der Waals surface area contributed by atoms with Crippen molar-refractivity contribution < 1.29 is 5.11 Å². The molecule has 2 atom stereocenters. The van der Waals surface area contributed by atoms with Crippen LogP contribution in [0, 0.1) is 5.92 Å². The smallest absolute Gasteiger partial charge is 0.115 e. The fourth-order valence-electron chi connectivity index (χ4n) is 3.28. The molecule has 1 aromatic rings. The molecule has 2 heteroatoms. The second-order valence-corrected chi connectivity index (χ2v) is 5.31. The van der Waals surface area contributed by atoms with E-state index in [-0.39, 0.29) is 5.41 Å². The Bertz CT molecular complexity index is 373. The van der Waals surface area contributed by atoms with Crippen LogP contribution in [-0.4, -0.2) is 18.2 Å². The molecule has 1 heterocycles. The molecular formula is C15H23NO. The molecule has 1 aliphatic rings. The minimum absolute atomic E-state index is 0.249. The minimum Gasteiger partial charge on any atom is -0.508 e. The summed E-state index contributed by atoms with van der Waals surface area (Å²) in [4.78, 5) is 0. The van der Waals surface area contributed by atoms with Crippen LogP contribution in [0.4, 0.5) is 0 Å². The Morgan fingerprint density at radius 2 is 2.29 bits per heavy atom. The fourth-order valence-corrected chi connectivity index (χ4v) is 3.28. The normalized spacial score (nSPS) is 29.2. The lowest BCUT2D eigenvalue weighted by Crippen LogP contribution is -2.46. The van der Waals surface area contributed by atoms with Crippen molar-refractivity contribution in [2.45, 2.75) is 38.5 Å². The molecule has 0 aliphatic carbocycles. The summed E-state index contributed by atoms with van der Waals surface area (Å²) in [6.45, 7) is 6.74. The molecule has 1 aromatic carbocycles. The highest BCUT2D eigenvalue weighted by molar-refractivity contribution is 5.34. The third kappa shape index (κ3) is 2.32. The van der Waals surface area contributed by atoms with Gasteiger partial charge in [-0.15, -0.1) is 0 Å². The Hall–Kier alpha value is -1.02. The molecule has 2 rings (SSSR count). The van der Waals surface area contributed by atoms with Crippen molar-refractivity contribution >= 4 is 0 Å². The predicted molar refractivity (Wildman–Crippen MR) is 71.3 cm³/mol.